The van der Waals surface area contributed by atoms with Crippen LogP contribution in [0.3, 0.4) is 0 Å². The van der Waals surface area contributed by atoms with E-state index in [1.165, 1.54) is 6.33 Å². The van der Waals surface area contributed by atoms with Gasteiger partial charge in [-0.3, -0.25) is 10.3 Å². The van der Waals surface area contributed by atoms with Gasteiger partial charge in [0.1, 0.15) is 22.6 Å². The maximum absolute atomic E-state index is 8.93. The van der Waals surface area contributed by atoms with Crippen LogP contribution < -0.4 is 10.6 Å². The van der Waals surface area contributed by atoms with Crippen LogP contribution in [-0.2, 0) is 0 Å². The number of piperazine rings is 1. The molecule has 1 aliphatic heterocycles. The summed E-state index contributed by atoms with van der Waals surface area (Å²) in [7, 11) is 0. The van der Waals surface area contributed by atoms with Crippen molar-refractivity contribution in [1.82, 2.24) is 14.9 Å². The van der Waals surface area contributed by atoms with E-state index in [0.29, 0.717) is 23.7 Å². The summed E-state index contributed by atoms with van der Waals surface area (Å²) in [5, 5.41) is 16.7. The molecule has 0 unspecified atom stereocenters. The van der Waals surface area contributed by atoms with Gasteiger partial charge in [-0.05, 0) is 15.9 Å². The molecule has 1 aromatic rings. The first-order valence-corrected chi connectivity index (χ1v) is 6.86. The van der Waals surface area contributed by atoms with Gasteiger partial charge in [0.2, 0.25) is 0 Å². The SMILES string of the molecule is N=C(Br)c1c(N)ncnc1N1CCN(CCO)CC1. The molecule has 1 aromatic heterocycles. The van der Waals surface area contributed by atoms with Gasteiger partial charge in [0, 0.05) is 32.7 Å². The van der Waals surface area contributed by atoms with E-state index in [-0.39, 0.29) is 11.2 Å². The normalized spacial score (nSPS) is 16.6. The van der Waals surface area contributed by atoms with Crippen LogP contribution >= 0.6 is 15.9 Å². The molecule has 2 heterocycles. The Labute approximate surface area is 120 Å². The average Bonchev–Trinajstić information content (AvgIpc) is 2.39. The first-order chi connectivity index (χ1) is 9.13. The highest BCUT2D eigenvalue weighted by atomic mass is 79.9. The number of nitrogens with two attached hydrogens (primary N) is 1. The number of halogens is 1. The Morgan fingerprint density at radius 2 is 2.05 bits per heavy atom. The molecule has 0 radical (unpaired) electrons. The van der Waals surface area contributed by atoms with Gasteiger partial charge in [-0.15, -0.1) is 0 Å². The van der Waals surface area contributed by atoms with Gasteiger partial charge in [0.25, 0.3) is 0 Å². The summed E-state index contributed by atoms with van der Waals surface area (Å²) in [6.07, 6.45) is 1.42. The predicted molar refractivity (Wildman–Crippen MR) is 77.9 cm³/mol. The van der Waals surface area contributed by atoms with Gasteiger partial charge in [-0.1, -0.05) is 0 Å². The smallest absolute Gasteiger partial charge is 0.144 e. The van der Waals surface area contributed by atoms with E-state index in [4.69, 9.17) is 16.2 Å². The van der Waals surface area contributed by atoms with E-state index < -0.39 is 0 Å². The highest BCUT2D eigenvalue weighted by Crippen LogP contribution is 2.24. The van der Waals surface area contributed by atoms with Crippen molar-refractivity contribution in [1.29, 1.82) is 5.41 Å². The molecule has 19 heavy (non-hydrogen) atoms. The van der Waals surface area contributed by atoms with Gasteiger partial charge in [-0.2, -0.15) is 0 Å². The summed E-state index contributed by atoms with van der Waals surface area (Å²) in [5.41, 5.74) is 6.35. The van der Waals surface area contributed by atoms with Crippen LogP contribution in [0.4, 0.5) is 11.6 Å². The van der Waals surface area contributed by atoms with Crippen molar-refractivity contribution in [3.05, 3.63) is 11.9 Å². The molecule has 1 saturated heterocycles. The topological polar surface area (TPSA) is 102 Å². The van der Waals surface area contributed by atoms with Crippen LogP contribution in [0, 0.1) is 5.41 Å². The fourth-order valence-corrected chi connectivity index (χ4v) is 2.54. The standard InChI is InChI=1S/C11H17BrN6O/c12-9(13)8-10(14)15-7-16-11(8)18-3-1-17(2-4-18)5-6-19/h7,13,19H,1-6H2,(H2,14,15,16). The molecule has 4 N–H and O–H groups in total. The third kappa shape index (κ3) is 3.20. The van der Waals surface area contributed by atoms with E-state index in [0.717, 1.165) is 26.2 Å². The zero-order valence-corrected chi connectivity index (χ0v) is 12.1. The fourth-order valence-electron chi connectivity index (χ4n) is 2.16. The highest BCUT2D eigenvalue weighted by Gasteiger charge is 2.22. The van der Waals surface area contributed by atoms with Gasteiger partial charge in [0.05, 0.1) is 12.2 Å². The van der Waals surface area contributed by atoms with Gasteiger partial charge in [0.15, 0.2) is 0 Å². The fraction of sp³-hybridized carbons (Fsp3) is 0.545. The molecule has 2 rings (SSSR count). The minimum absolute atomic E-state index is 0.178. The van der Waals surface area contributed by atoms with E-state index in [1.807, 2.05) is 0 Å². The number of hydrogen-bond donors (Lipinski definition) is 3. The van der Waals surface area contributed by atoms with Crippen LogP contribution in [-0.4, -0.2) is 63.9 Å². The third-order valence-corrected chi connectivity index (χ3v) is 3.56. The highest BCUT2D eigenvalue weighted by molar-refractivity contribution is 9.18. The number of nitrogens with zero attached hydrogens (tertiary/aromatic N) is 4. The Bertz CT molecular complexity index is 460. The molecule has 0 amide bonds. The van der Waals surface area contributed by atoms with E-state index in [1.54, 1.807) is 0 Å². The number of nitrogen functional groups attached to an aromatic ring is 1. The Balaban J connectivity index is 2.15. The molecule has 1 aliphatic rings. The van der Waals surface area contributed by atoms with Crippen molar-refractivity contribution in [2.75, 3.05) is 50.0 Å². The number of anilines is 2. The molecule has 104 valence electrons. The monoisotopic (exact) mass is 328 g/mol. The van der Waals surface area contributed by atoms with Crippen molar-refractivity contribution in [3.63, 3.8) is 0 Å². The summed E-state index contributed by atoms with van der Waals surface area (Å²) in [6.45, 7) is 4.19. The number of hydrogen-bond acceptors (Lipinski definition) is 7. The second-order valence-electron chi connectivity index (χ2n) is 4.32. The second-order valence-corrected chi connectivity index (χ2v) is 5.12. The summed E-state index contributed by atoms with van der Waals surface area (Å²) >= 11 is 3.14. The molecule has 1 fully saturated rings. The van der Waals surface area contributed by atoms with Gasteiger partial charge in [-0.25, -0.2) is 9.97 Å². The third-order valence-electron chi connectivity index (χ3n) is 3.16. The number of aliphatic hydroxyl groups excluding tert-OH is 1. The molecule has 0 atom stereocenters. The summed E-state index contributed by atoms with van der Waals surface area (Å²) < 4.78 is 0.193. The minimum atomic E-state index is 0.178. The number of β-amino-alcohol motifs (C(OH)–C–C–N with tert-alkyl or cyclic N) is 1. The van der Waals surface area contributed by atoms with E-state index in [9.17, 15) is 0 Å². The van der Waals surface area contributed by atoms with Crippen molar-refractivity contribution in [2.45, 2.75) is 0 Å². The van der Waals surface area contributed by atoms with Crippen LogP contribution in [0.25, 0.3) is 0 Å². The van der Waals surface area contributed by atoms with Gasteiger partial charge < -0.3 is 15.7 Å². The Morgan fingerprint density at radius 1 is 1.37 bits per heavy atom. The van der Waals surface area contributed by atoms with Crippen molar-refractivity contribution in [3.8, 4) is 0 Å². The zero-order chi connectivity index (χ0) is 13.8. The number of rotatable bonds is 4. The lowest BCUT2D eigenvalue weighted by atomic mass is 10.2. The maximum Gasteiger partial charge on any atom is 0.144 e. The first-order valence-electron chi connectivity index (χ1n) is 6.06. The molecule has 0 spiro atoms. The van der Waals surface area contributed by atoms with E-state index in [2.05, 4.69) is 35.7 Å². The van der Waals surface area contributed by atoms with Crippen LogP contribution in [0.2, 0.25) is 0 Å². The molecule has 0 aliphatic carbocycles. The zero-order valence-electron chi connectivity index (χ0n) is 10.5. The maximum atomic E-state index is 8.93. The predicted octanol–water partition coefficient (Wildman–Crippen LogP) is -0.107. The van der Waals surface area contributed by atoms with Crippen molar-refractivity contribution >= 4 is 32.2 Å². The molecule has 7 nitrogen and oxygen atoms in total. The van der Waals surface area contributed by atoms with E-state index >= 15 is 0 Å². The quantitative estimate of drug-likeness (QED) is 0.667. The molecular formula is C11H17BrN6O. The molecule has 0 saturated carbocycles. The first kappa shape index (κ1) is 14.2. The van der Waals surface area contributed by atoms with Crippen molar-refractivity contribution < 1.29 is 5.11 Å². The Kier molecular flexibility index (Phi) is 4.67. The molecular weight excluding hydrogens is 312 g/mol. The Hall–Kier alpha value is -1.25. The molecule has 0 bridgehead atoms. The second kappa shape index (κ2) is 6.27. The van der Waals surface area contributed by atoms with Crippen LogP contribution in [0.1, 0.15) is 5.56 Å². The number of nitrogens with one attached hydrogen (secondary N) is 1. The van der Waals surface area contributed by atoms with Gasteiger partial charge >= 0.3 is 0 Å². The Morgan fingerprint density at radius 3 is 2.63 bits per heavy atom. The largest absolute Gasteiger partial charge is 0.395 e. The molecule has 8 heteroatoms. The summed E-state index contributed by atoms with van der Waals surface area (Å²) in [4.78, 5) is 12.5. The average molecular weight is 329 g/mol. The summed E-state index contributed by atoms with van der Waals surface area (Å²) in [6, 6.07) is 0. The van der Waals surface area contributed by atoms with Crippen molar-refractivity contribution in [2.24, 2.45) is 0 Å². The molecule has 0 aromatic carbocycles. The number of aromatic nitrogens is 2. The minimum Gasteiger partial charge on any atom is -0.395 e. The van der Waals surface area contributed by atoms with Crippen LogP contribution in [0.15, 0.2) is 6.33 Å². The summed E-state index contributed by atoms with van der Waals surface area (Å²) in [5.74, 6) is 1.00. The lowest BCUT2D eigenvalue weighted by molar-refractivity contribution is 0.188. The van der Waals surface area contributed by atoms with Crippen LogP contribution in [0.5, 0.6) is 0 Å². The lowest BCUT2D eigenvalue weighted by Gasteiger charge is -2.35. The lowest BCUT2D eigenvalue weighted by Crippen LogP contribution is -2.47. The number of aliphatic hydroxyl groups is 1.